The SMILES string of the molecule is Cl.O=C(NCC(F)(F)F)c1ccc(NC(=O)C2COCCN2)cc1. The summed E-state index contributed by atoms with van der Waals surface area (Å²) in [7, 11) is 0. The van der Waals surface area contributed by atoms with E-state index in [2.05, 4.69) is 10.6 Å². The van der Waals surface area contributed by atoms with Gasteiger partial charge in [-0.25, -0.2) is 0 Å². The Balaban J connectivity index is 0.00000288. The first-order chi connectivity index (χ1) is 10.8. The van der Waals surface area contributed by atoms with Gasteiger partial charge in [0.2, 0.25) is 5.91 Å². The van der Waals surface area contributed by atoms with E-state index in [-0.39, 0.29) is 30.5 Å². The molecule has 1 aliphatic heterocycles. The quantitative estimate of drug-likeness (QED) is 0.750. The molecule has 0 saturated carbocycles. The maximum absolute atomic E-state index is 12.0. The monoisotopic (exact) mass is 367 g/mol. The van der Waals surface area contributed by atoms with E-state index in [1.54, 1.807) is 5.32 Å². The summed E-state index contributed by atoms with van der Waals surface area (Å²) >= 11 is 0. The van der Waals surface area contributed by atoms with Crippen molar-refractivity contribution in [1.82, 2.24) is 10.6 Å². The fourth-order valence-electron chi connectivity index (χ4n) is 1.95. The molecule has 1 aliphatic rings. The van der Waals surface area contributed by atoms with Crippen molar-refractivity contribution in [2.24, 2.45) is 0 Å². The molecule has 0 bridgehead atoms. The summed E-state index contributed by atoms with van der Waals surface area (Å²) in [5.41, 5.74) is 0.515. The van der Waals surface area contributed by atoms with E-state index in [9.17, 15) is 22.8 Å². The number of anilines is 1. The highest BCUT2D eigenvalue weighted by Crippen LogP contribution is 2.14. The van der Waals surface area contributed by atoms with E-state index >= 15 is 0 Å². The second-order valence-corrected chi connectivity index (χ2v) is 4.95. The second-order valence-electron chi connectivity index (χ2n) is 4.95. The number of amides is 2. The molecule has 1 unspecified atom stereocenters. The van der Waals surface area contributed by atoms with Gasteiger partial charge in [-0.1, -0.05) is 0 Å². The maximum Gasteiger partial charge on any atom is 0.405 e. The van der Waals surface area contributed by atoms with Crippen LogP contribution in [0.25, 0.3) is 0 Å². The van der Waals surface area contributed by atoms with Gasteiger partial charge in [0.1, 0.15) is 12.6 Å². The van der Waals surface area contributed by atoms with Gasteiger partial charge in [-0.05, 0) is 24.3 Å². The first kappa shape index (κ1) is 20.2. The molecule has 134 valence electrons. The zero-order chi connectivity index (χ0) is 16.9. The molecule has 0 aromatic heterocycles. The third-order valence-electron chi connectivity index (χ3n) is 3.10. The lowest BCUT2D eigenvalue weighted by Crippen LogP contribution is -2.48. The molecule has 1 fully saturated rings. The number of ether oxygens (including phenoxy) is 1. The minimum Gasteiger partial charge on any atom is -0.378 e. The number of alkyl halides is 3. The van der Waals surface area contributed by atoms with Crippen molar-refractivity contribution in [3.8, 4) is 0 Å². The smallest absolute Gasteiger partial charge is 0.378 e. The van der Waals surface area contributed by atoms with E-state index in [0.29, 0.717) is 18.8 Å². The number of carbonyl (C=O) groups is 2. The van der Waals surface area contributed by atoms with E-state index in [4.69, 9.17) is 4.74 Å². The molecule has 1 saturated heterocycles. The van der Waals surface area contributed by atoms with Crippen molar-refractivity contribution in [3.63, 3.8) is 0 Å². The van der Waals surface area contributed by atoms with E-state index < -0.39 is 24.7 Å². The van der Waals surface area contributed by atoms with Crippen LogP contribution in [0.2, 0.25) is 0 Å². The minimum absolute atomic E-state index is 0. The molecule has 0 radical (unpaired) electrons. The molecular weight excluding hydrogens is 351 g/mol. The number of hydrogen-bond donors (Lipinski definition) is 3. The number of nitrogens with one attached hydrogen (secondary N) is 3. The highest BCUT2D eigenvalue weighted by molar-refractivity contribution is 5.97. The molecule has 1 aromatic rings. The summed E-state index contributed by atoms with van der Waals surface area (Å²) in [5.74, 6) is -1.11. The Morgan fingerprint density at radius 1 is 1.25 bits per heavy atom. The molecule has 0 spiro atoms. The molecule has 3 N–H and O–H groups in total. The second kappa shape index (κ2) is 8.86. The Kier molecular flexibility index (Phi) is 7.46. The van der Waals surface area contributed by atoms with Crippen molar-refractivity contribution in [1.29, 1.82) is 0 Å². The standard InChI is InChI=1S/C14H16F3N3O3.ClH/c15-14(16,17)8-19-12(21)9-1-3-10(4-2-9)20-13(22)11-7-23-6-5-18-11;/h1-4,11,18H,5-8H2,(H,19,21)(H,20,22);1H. The predicted molar refractivity (Wildman–Crippen MR) is 83.3 cm³/mol. The van der Waals surface area contributed by atoms with Crippen molar-refractivity contribution in [3.05, 3.63) is 29.8 Å². The Morgan fingerprint density at radius 3 is 2.46 bits per heavy atom. The van der Waals surface area contributed by atoms with Crippen LogP contribution in [0, 0.1) is 0 Å². The fraction of sp³-hybridized carbons (Fsp3) is 0.429. The molecule has 1 heterocycles. The number of hydrogen-bond acceptors (Lipinski definition) is 4. The van der Waals surface area contributed by atoms with Gasteiger partial charge in [-0.2, -0.15) is 13.2 Å². The molecule has 2 amide bonds. The molecule has 2 rings (SSSR count). The summed E-state index contributed by atoms with van der Waals surface area (Å²) in [6.07, 6.45) is -4.46. The summed E-state index contributed by atoms with van der Waals surface area (Å²) in [5, 5.41) is 7.41. The molecule has 6 nitrogen and oxygen atoms in total. The van der Waals surface area contributed by atoms with Gasteiger partial charge in [-0.15, -0.1) is 12.4 Å². The lowest BCUT2D eigenvalue weighted by atomic mass is 10.2. The largest absolute Gasteiger partial charge is 0.405 e. The van der Waals surface area contributed by atoms with Gasteiger partial charge in [-0.3, -0.25) is 9.59 Å². The molecule has 24 heavy (non-hydrogen) atoms. The Bertz CT molecular complexity index is 561. The van der Waals surface area contributed by atoms with Crippen LogP contribution in [-0.2, 0) is 9.53 Å². The first-order valence-electron chi connectivity index (χ1n) is 6.92. The Hall–Kier alpha value is -1.84. The summed E-state index contributed by atoms with van der Waals surface area (Å²) in [6.45, 7) is 0.00332. The molecular formula is C14H17ClF3N3O3. The summed E-state index contributed by atoms with van der Waals surface area (Å²) in [4.78, 5) is 23.5. The Morgan fingerprint density at radius 2 is 1.92 bits per heavy atom. The van der Waals surface area contributed by atoms with Crippen molar-refractivity contribution in [2.45, 2.75) is 12.2 Å². The fourth-order valence-corrected chi connectivity index (χ4v) is 1.95. The third kappa shape index (κ3) is 6.34. The van der Waals surface area contributed by atoms with E-state index in [1.165, 1.54) is 24.3 Å². The van der Waals surface area contributed by atoms with E-state index in [1.807, 2.05) is 0 Å². The zero-order valence-electron chi connectivity index (χ0n) is 12.5. The summed E-state index contributed by atoms with van der Waals surface area (Å²) in [6, 6.07) is 5.12. The van der Waals surface area contributed by atoms with Crippen LogP contribution in [0.5, 0.6) is 0 Å². The third-order valence-corrected chi connectivity index (χ3v) is 3.10. The topological polar surface area (TPSA) is 79.5 Å². The normalized spacial score (nSPS) is 17.5. The van der Waals surface area contributed by atoms with Gasteiger partial charge in [0, 0.05) is 17.8 Å². The number of carbonyl (C=O) groups excluding carboxylic acids is 2. The highest BCUT2D eigenvalue weighted by atomic mass is 35.5. The number of rotatable bonds is 4. The van der Waals surface area contributed by atoms with Crippen molar-refractivity contribution in [2.75, 3.05) is 31.6 Å². The van der Waals surface area contributed by atoms with Gasteiger partial charge < -0.3 is 20.7 Å². The molecule has 0 aliphatic carbocycles. The number of morpholine rings is 1. The van der Waals surface area contributed by atoms with Gasteiger partial charge in [0.15, 0.2) is 0 Å². The maximum atomic E-state index is 12.0. The molecule has 1 atom stereocenters. The minimum atomic E-state index is -4.46. The Labute approximate surface area is 142 Å². The van der Waals surface area contributed by atoms with Crippen LogP contribution < -0.4 is 16.0 Å². The average molecular weight is 368 g/mol. The van der Waals surface area contributed by atoms with Crippen LogP contribution in [-0.4, -0.2) is 50.3 Å². The van der Waals surface area contributed by atoms with Crippen molar-refractivity contribution >= 4 is 29.9 Å². The average Bonchev–Trinajstić information content (AvgIpc) is 2.53. The van der Waals surface area contributed by atoms with Gasteiger partial charge >= 0.3 is 6.18 Å². The molecule has 1 aromatic carbocycles. The first-order valence-corrected chi connectivity index (χ1v) is 6.92. The lowest BCUT2D eigenvalue weighted by Gasteiger charge is -2.22. The van der Waals surface area contributed by atoms with Crippen LogP contribution in [0.1, 0.15) is 10.4 Å². The lowest BCUT2D eigenvalue weighted by molar-refractivity contribution is -0.123. The van der Waals surface area contributed by atoms with Gasteiger partial charge in [0.05, 0.1) is 13.2 Å². The van der Waals surface area contributed by atoms with Crippen molar-refractivity contribution < 1.29 is 27.5 Å². The van der Waals surface area contributed by atoms with Crippen LogP contribution in [0.3, 0.4) is 0 Å². The van der Waals surface area contributed by atoms with Gasteiger partial charge in [0.25, 0.3) is 5.91 Å². The predicted octanol–water partition coefficient (Wildman–Crippen LogP) is 1.33. The van der Waals surface area contributed by atoms with E-state index in [0.717, 1.165) is 0 Å². The zero-order valence-corrected chi connectivity index (χ0v) is 13.3. The molecule has 10 heteroatoms. The number of halogens is 4. The van der Waals surface area contributed by atoms with Crippen LogP contribution >= 0.6 is 12.4 Å². The summed E-state index contributed by atoms with van der Waals surface area (Å²) < 4.78 is 41.3. The highest BCUT2D eigenvalue weighted by Gasteiger charge is 2.28. The van der Waals surface area contributed by atoms with Crippen LogP contribution in [0.4, 0.5) is 18.9 Å². The number of benzene rings is 1. The van der Waals surface area contributed by atoms with Crippen LogP contribution in [0.15, 0.2) is 24.3 Å².